The minimum atomic E-state index is -4.61. The molecule has 5 nitrogen and oxygen atoms in total. The van der Waals surface area contributed by atoms with Gasteiger partial charge in [0.2, 0.25) is 0 Å². The lowest BCUT2D eigenvalue weighted by molar-refractivity contribution is -0.136. The molecule has 0 unspecified atom stereocenters. The van der Waals surface area contributed by atoms with Gasteiger partial charge >= 0.3 is 6.18 Å². The Kier molecular flexibility index (Phi) is 5.34. The SMILES string of the molecule is CC(C)(C)NC(=O)c1ccnc(C(=O)Nc2ccccc2C(F)(F)F)c1. The number of rotatable bonds is 3. The van der Waals surface area contributed by atoms with Gasteiger partial charge in [0.05, 0.1) is 11.3 Å². The Morgan fingerprint density at radius 3 is 2.27 bits per heavy atom. The van der Waals surface area contributed by atoms with Crippen molar-refractivity contribution in [2.75, 3.05) is 5.32 Å². The summed E-state index contributed by atoms with van der Waals surface area (Å²) in [5.41, 5.74) is -1.80. The summed E-state index contributed by atoms with van der Waals surface area (Å²) in [7, 11) is 0. The van der Waals surface area contributed by atoms with Gasteiger partial charge in [-0.05, 0) is 45.0 Å². The lowest BCUT2D eigenvalue weighted by Crippen LogP contribution is -2.40. The topological polar surface area (TPSA) is 71.1 Å². The summed E-state index contributed by atoms with van der Waals surface area (Å²) in [6, 6.07) is 7.28. The molecule has 8 heteroatoms. The molecule has 0 aliphatic heterocycles. The molecule has 138 valence electrons. The van der Waals surface area contributed by atoms with Gasteiger partial charge in [-0.3, -0.25) is 14.6 Å². The molecule has 1 heterocycles. The van der Waals surface area contributed by atoms with Gasteiger partial charge < -0.3 is 10.6 Å². The summed E-state index contributed by atoms with van der Waals surface area (Å²) in [6.07, 6.45) is -3.35. The number of benzene rings is 1. The monoisotopic (exact) mass is 365 g/mol. The minimum absolute atomic E-state index is 0.163. The molecule has 2 amide bonds. The van der Waals surface area contributed by atoms with Crippen molar-refractivity contribution >= 4 is 17.5 Å². The summed E-state index contributed by atoms with van der Waals surface area (Å²) in [5, 5.41) is 4.93. The maximum Gasteiger partial charge on any atom is 0.418 e. The van der Waals surface area contributed by atoms with Crippen molar-refractivity contribution in [3.63, 3.8) is 0 Å². The average Bonchev–Trinajstić information content (AvgIpc) is 2.53. The van der Waals surface area contributed by atoms with Gasteiger partial charge in [0, 0.05) is 17.3 Å². The standard InChI is InChI=1S/C18H18F3N3O2/c1-17(2,3)24-15(25)11-8-9-22-14(10-11)16(26)23-13-7-5-4-6-12(13)18(19,20)21/h4-10H,1-3H3,(H,23,26)(H,24,25). The third kappa shape index (κ3) is 5.05. The maximum absolute atomic E-state index is 13.0. The van der Waals surface area contributed by atoms with Gasteiger partial charge in [0.25, 0.3) is 11.8 Å². The van der Waals surface area contributed by atoms with E-state index in [0.717, 1.165) is 12.1 Å². The van der Waals surface area contributed by atoms with Crippen molar-refractivity contribution in [2.24, 2.45) is 0 Å². The highest BCUT2D eigenvalue weighted by atomic mass is 19.4. The number of nitrogens with one attached hydrogen (secondary N) is 2. The van der Waals surface area contributed by atoms with Crippen LogP contribution >= 0.6 is 0 Å². The van der Waals surface area contributed by atoms with Gasteiger partial charge in [-0.1, -0.05) is 12.1 Å². The fourth-order valence-electron chi connectivity index (χ4n) is 2.13. The molecule has 0 fully saturated rings. The van der Waals surface area contributed by atoms with Gasteiger partial charge in [-0.2, -0.15) is 13.2 Å². The van der Waals surface area contributed by atoms with Crippen LogP contribution < -0.4 is 10.6 Å². The molecule has 1 aromatic carbocycles. The van der Waals surface area contributed by atoms with Crippen LogP contribution in [0.1, 0.15) is 47.2 Å². The highest BCUT2D eigenvalue weighted by molar-refractivity contribution is 6.05. The summed E-state index contributed by atoms with van der Waals surface area (Å²) in [4.78, 5) is 28.3. The number of carbonyl (C=O) groups is 2. The third-order valence-electron chi connectivity index (χ3n) is 3.22. The maximum atomic E-state index is 13.0. The Labute approximate surface area is 148 Å². The van der Waals surface area contributed by atoms with E-state index in [1.165, 1.54) is 30.5 Å². The fraction of sp³-hybridized carbons (Fsp3) is 0.278. The molecule has 2 aromatic rings. The van der Waals surface area contributed by atoms with E-state index in [1.54, 1.807) is 20.8 Å². The third-order valence-corrected chi connectivity index (χ3v) is 3.22. The Bertz CT molecular complexity index is 827. The molecule has 0 saturated heterocycles. The van der Waals surface area contributed by atoms with Gasteiger partial charge in [0.15, 0.2) is 0 Å². The molecule has 0 aliphatic carbocycles. The van der Waals surface area contributed by atoms with Gasteiger partial charge in [0.1, 0.15) is 5.69 Å². The van der Waals surface area contributed by atoms with Crippen LogP contribution in [-0.2, 0) is 6.18 Å². The van der Waals surface area contributed by atoms with Crippen molar-refractivity contribution in [1.82, 2.24) is 10.3 Å². The molecule has 26 heavy (non-hydrogen) atoms. The van der Waals surface area contributed by atoms with E-state index in [0.29, 0.717) is 0 Å². The zero-order valence-electron chi connectivity index (χ0n) is 14.4. The largest absolute Gasteiger partial charge is 0.418 e. The lowest BCUT2D eigenvalue weighted by Gasteiger charge is -2.20. The van der Waals surface area contributed by atoms with Crippen LogP contribution in [0.5, 0.6) is 0 Å². The smallest absolute Gasteiger partial charge is 0.347 e. The van der Waals surface area contributed by atoms with Crippen LogP contribution in [0.2, 0.25) is 0 Å². The van der Waals surface area contributed by atoms with E-state index in [1.807, 2.05) is 0 Å². The number of pyridine rings is 1. The molecule has 0 bridgehead atoms. The van der Waals surface area contributed by atoms with Crippen molar-refractivity contribution in [2.45, 2.75) is 32.5 Å². The van der Waals surface area contributed by atoms with Crippen LogP contribution in [0.15, 0.2) is 42.6 Å². The Hall–Kier alpha value is -2.90. The van der Waals surface area contributed by atoms with E-state index in [2.05, 4.69) is 15.6 Å². The highest BCUT2D eigenvalue weighted by Gasteiger charge is 2.33. The summed E-state index contributed by atoms with van der Waals surface area (Å²) < 4.78 is 39.0. The van der Waals surface area contributed by atoms with Crippen LogP contribution in [0.3, 0.4) is 0 Å². The second-order valence-electron chi connectivity index (χ2n) is 6.63. The molecule has 0 spiro atoms. The Morgan fingerprint density at radius 2 is 1.65 bits per heavy atom. The number of carbonyl (C=O) groups excluding carboxylic acids is 2. The van der Waals surface area contributed by atoms with Crippen molar-refractivity contribution < 1.29 is 22.8 Å². The van der Waals surface area contributed by atoms with E-state index >= 15 is 0 Å². The second kappa shape index (κ2) is 7.15. The first-order chi connectivity index (χ1) is 12.0. The summed E-state index contributed by atoms with van der Waals surface area (Å²) in [6.45, 7) is 5.40. The Morgan fingerprint density at radius 1 is 1.00 bits per heavy atom. The molecular formula is C18H18F3N3O2. The number of anilines is 1. The number of aromatic nitrogens is 1. The van der Waals surface area contributed by atoms with Gasteiger partial charge in [-0.25, -0.2) is 0 Å². The number of para-hydroxylation sites is 1. The van der Waals surface area contributed by atoms with Crippen LogP contribution in [0.25, 0.3) is 0 Å². The lowest BCUT2D eigenvalue weighted by atomic mass is 10.1. The van der Waals surface area contributed by atoms with E-state index in [9.17, 15) is 22.8 Å². The van der Waals surface area contributed by atoms with Crippen molar-refractivity contribution in [1.29, 1.82) is 0 Å². The van der Waals surface area contributed by atoms with Crippen molar-refractivity contribution in [3.8, 4) is 0 Å². The van der Waals surface area contributed by atoms with Gasteiger partial charge in [-0.15, -0.1) is 0 Å². The number of hydrogen-bond donors (Lipinski definition) is 2. The average molecular weight is 365 g/mol. The number of hydrogen-bond acceptors (Lipinski definition) is 3. The quantitative estimate of drug-likeness (QED) is 0.867. The van der Waals surface area contributed by atoms with Crippen LogP contribution in [0, 0.1) is 0 Å². The normalized spacial score (nSPS) is 11.8. The van der Waals surface area contributed by atoms with Crippen molar-refractivity contribution in [3.05, 3.63) is 59.4 Å². The zero-order chi connectivity index (χ0) is 19.5. The highest BCUT2D eigenvalue weighted by Crippen LogP contribution is 2.34. The molecule has 2 N–H and O–H groups in total. The van der Waals surface area contributed by atoms with E-state index in [4.69, 9.17) is 0 Å². The first kappa shape index (κ1) is 19.4. The molecule has 0 aliphatic rings. The fourth-order valence-corrected chi connectivity index (χ4v) is 2.13. The van der Waals surface area contributed by atoms with Crippen LogP contribution in [-0.4, -0.2) is 22.3 Å². The number of amides is 2. The molecule has 1 aromatic heterocycles. The van der Waals surface area contributed by atoms with Crippen LogP contribution in [0.4, 0.5) is 18.9 Å². The molecular weight excluding hydrogens is 347 g/mol. The second-order valence-corrected chi connectivity index (χ2v) is 6.63. The molecule has 0 radical (unpaired) electrons. The number of nitrogens with zero attached hydrogens (tertiary/aromatic N) is 1. The molecule has 0 saturated carbocycles. The zero-order valence-corrected chi connectivity index (χ0v) is 14.4. The first-order valence-electron chi connectivity index (χ1n) is 7.73. The molecule has 0 atom stereocenters. The molecule has 2 rings (SSSR count). The Balaban J connectivity index is 2.24. The number of alkyl halides is 3. The predicted molar refractivity (Wildman–Crippen MR) is 90.9 cm³/mol. The summed E-state index contributed by atoms with van der Waals surface area (Å²) in [5.74, 6) is -1.25. The minimum Gasteiger partial charge on any atom is -0.347 e. The first-order valence-corrected chi connectivity index (χ1v) is 7.73. The van der Waals surface area contributed by atoms with E-state index < -0.39 is 29.1 Å². The predicted octanol–water partition coefficient (Wildman–Crippen LogP) is 3.88. The van der Waals surface area contributed by atoms with E-state index in [-0.39, 0.29) is 16.9 Å². The summed E-state index contributed by atoms with van der Waals surface area (Å²) >= 11 is 0. The number of halogens is 3.